The molecule has 2 N–H and O–H groups in total. The van der Waals surface area contributed by atoms with Crippen molar-refractivity contribution in [3.05, 3.63) is 78.9 Å². The van der Waals surface area contributed by atoms with Crippen LogP contribution in [0.3, 0.4) is 0 Å². The summed E-state index contributed by atoms with van der Waals surface area (Å²) in [5, 5.41) is 12.0. The van der Waals surface area contributed by atoms with Crippen molar-refractivity contribution in [3.63, 3.8) is 0 Å². The number of carboxylic acid groups (broad SMARTS) is 1. The molecule has 0 spiro atoms. The lowest BCUT2D eigenvalue weighted by Gasteiger charge is -2.17. The van der Waals surface area contributed by atoms with Crippen molar-refractivity contribution in [2.45, 2.75) is 18.4 Å². The fourth-order valence-corrected chi connectivity index (χ4v) is 6.57. The maximum absolute atomic E-state index is 12.4. The van der Waals surface area contributed by atoms with Crippen LogP contribution < -0.4 is 5.32 Å². The number of thiophene rings is 1. The van der Waals surface area contributed by atoms with E-state index in [1.807, 2.05) is 42.5 Å². The van der Waals surface area contributed by atoms with E-state index in [1.54, 1.807) is 0 Å². The van der Waals surface area contributed by atoms with Crippen molar-refractivity contribution >= 4 is 55.3 Å². The van der Waals surface area contributed by atoms with Crippen LogP contribution in [-0.4, -0.2) is 29.8 Å². The molecule has 1 aliphatic carbocycles. The number of rotatable bonds is 6. The van der Waals surface area contributed by atoms with Gasteiger partial charge in [0, 0.05) is 12.3 Å². The van der Waals surface area contributed by atoms with Gasteiger partial charge in [-0.1, -0.05) is 48.5 Å². The summed E-state index contributed by atoms with van der Waals surface area (Å²) in [5.41, 5.74) is 5.29. The van der Waals surface area contributed by atoms with Crippen molar-refractivity contribution in [3.8, 4) is 11.1 Å². The molecule has 4 rings (SSSR count). The lowest BCUT2D eigenvalue weighted by atomic mass is 9.98. The van der Waals surface area contributed by atoms with Gasteiger partial charge < -0.3 is 15.2 Å². The van der Waals surface area contributed by atoms with Crippen molar-refractivity contribution in [2.24, 2.45) is 0 Å². The molecule has 154 valence electrons. The third-order valence-corrected chi connectivity index (χ3v) is 7.55. The summed E-state index contributed by atoms with van der Waals surface area (Å²) in [6.45, 7) is 0.139. The maximum atomic E-state index is 12.4. The Morgan fingerprint density at radius 3 is 2.20 bits per heavy atom. The number of carbonyl (C=O) groups excluding carboxylic acids is 1. The Morgan fingerprint density at radius 2 is 1.67 bits per heavy atom. The van der Waals surface area contributed by atoms with Gasteiger partial charge in [0.1, 0.15) is 12.6 Å². The molecule has 1 unspecified atom stereocenters. The van der Waals surface area contributed by atoms with Gasteiger partial charge in [0.25, 0.3) is 0 Å². The third kappa shape index (κ3) is 4.31. The van der Waals surface area contributed by atoms with E-state index in [2.05, 4.69) is 49.3 Å². The second-order valence-electron chi connectivity index (χ2n) is 6.91. The average Bonchev–Trinajstić information content (AvgIpc) is 3.22. The molecule has 1 atom stereocenters. The van der Waals surface area contributed by atoms with E-state index in [9.17, 15) is 14.7 Å². The van der Waals surface area contributed by atoms with Gasteiger partial charge >= 0.3 is 12.1 Å². The van der Waals surface area contributed by atoms with Crippen LogP contribution in [0.25, 0.3) is 11.1 Å². The highest BCUT2D eigenvalue weighted by Crippen LogP contribution is 2.44. The van der Waals surface area contributed by atoms with Gasteiger partial charge in [-0.25, -0.2) is 9.59 Å². The third-order valence-electron chi connectivity index (χ3n) is 5.09. The Kier molecular flexibility index (Phi) is 6.26. The SMILES string of the molecule is O=C(NC(Cc1cc(Br)sc1Br)C(=O)O)OCC1c2ccccc2-c2ccccc21. The number of nitrogens with one attached hydrogen (secondary N) is 1. The molecular weight excluding hydrogens is 534 g/mol. The van der Waals surface area contributed by atoms with Crippen LogP contribution in [0.15, 0.2) is 62.2 Å². The first-order chi connectivity index (χ1) is 14.4. The predicted octanol–water partition coefficient (Wildman–Crippen LogP) is 5.81. The molecule has 5 nitrogen and oxygen atoms in total. The minimum atomic E-state index is -1.11. The zero-order chi connectivity index (χ0) is 21.3. The van der Waals surface area contributed by atoms with E-state index in [0.717, 1.165) is 35.4 Å². The van der Waals surface area contributed by atoms with Gasteiger partial charge in [0.05, 0.1) is 7.57 Å². The molecule has 3 aromatic rings. The van der Waals surface area contributed by atoms with Crippen molar-refractivity contribution in [1.29, 1.82) is 0 Å². The number of carbonyl (C=O) groups is 2. The van der Waals surface area contributed by atoms with Crippen LogP contribution in [0.2, 0.25) is 0 Å². The smallest absolute Gasteiger partial charge is 0.407 e. The molecule has 1 aliphatic rings. The number of alkyl carbamates (subject to hydrolysis) is 1. The van der Waals surface area contributed by atoms with Crippen LogP contribution >= 0.6 is 43.2 Å². The van der Waals surface area contributed by atoms with E-state index >= 15 is 0 Å². The molecule has 0 saturated carbocycles. The molecule has 0 radical (unpaired) electrons. The molecule has 8 heteroatoms. The monoisotopic (exact) mass is 549 g/mol. The molecule has 0 fully saturated rings. The quantitative estimate of drug-likeness (QED) is 0.406. The van der Waals surface area contributed by atoms with Crippen LogP contribution in [0.4, 0.5) is 4.79 Å². The number of carboxylic acids is 1. The Bertz CT molecular complexity index is 1070. The van der Waals surface area contributed by atoms with Crippen LogP contribution in [0.1, 0.15) is 22.6 Å². The molecule has 0 aliphatic heterocycles. The van der Waals surface area contributed by atoms with Gasteiger partial charge in [-0.3, -0.25) is 0 Å². The fourth-order valence-electron chi connectivity index (χ4n) is 3.72. The molecule has 0 saturated heterocycles. The number of ether oxygens (including phenoxy) is 1. The Balaban J connectivity index is 1.44. The Hall–Kier alpha value is -2.16. The van der Waals surface area contributed by atoms with E-state index in [1.165, 1.54) is 11.3 Å². The number of hydrogen-bond donors (Lipinski definition) is 2. The summed E-state index contributed by atoms with van der Waals surface area (Å²) in [6, 6.07) is 16.9. The number of halogens is 2. The Labute approximate surface area is 194 Å². The summed E-state index contributed by atoms with van der Waals surface area (Å²) in [5.74, 6) is -1.19. The molecule has 1 amide bonds. The molecule has 1 heterocycles. The highest BCUT2D eigenvalue weighted by atomic mass is 79.9. The molecule has 2 aromatic carbocycles. The summed E-state index contributed by atoms with van der Waals surface area (Å²) >= 11 is 8.25. The summed E-state index contributed by atoms with van der Waals surface area (Å²) in [7, 11) is 0. The lowest BCUT2D eigenvalue weighted by Crippen LogP contribution is -2.42. The number of fused-ring (bicyclic) bond motifs is 3. The highest BCUT2D eigenvalue weighted by Gasteiger charge is 2.30. The van der Waals surface area contributed by atoms with Crippen molar-refractivity contribution < 1.29 is 19.4 Å². The summed E-state index contributed by atoms with van der Waals surface area (Å²) in [6.07, 6.45) is -0.586. The first-order valence-corrected chi connectivity index (χ1v) is 11.6. The largest absolute Gasteiger partial charge is 0.480 e. The molecule has 1 aromatic heterocycles. The fraction of sp³-hybridized carbons (Fsp3) is 0.182. The molecule has 30 heavy (non-hydrogen) atoms. The van der Waals surface area contributed by atoms with Gasteiger partial charge in [0.15, 0.2) is 0 Å². The van der Waals surface area contributed by atoms with Crippen LogP contribution in [-0.2, 0) is 16.0 Å². The van der Waals surface area contributed by atoms with Gasteiger partial charge in [-0.05, 0) is 65.7 Å². The number of aliphatic carboxylic acids is 1. The first-order valence-electron chi connectivity index (χ1n) is 9.22. The maximum Gasteiger partial charge on any atom is 0.407 e. The molecule has 0 bridgehead atoms. The number of hydrogen-bond acceptors (Lipinski definition) is 4. The van der Waals surface area contributed by atoms with Crippen LogP contribution in [0.5, 0.6) is 0 Å². The normalized spacial score (nSPS) is 13.4. The van der Waals surface area contributed by atoms with Gasteiger partial charge in [-0.15, -0.1) is 11.3 Å². The second kappa shape index (κ2) is 8.91. The zero-order valence-corrected chi connectivity index (χ0v) is 19.6. The minimum absolute atomic E-state index is 0.0756. The standard InChI is InChI=1S/C22H17Br2NO4S/c23-19-10-12(20(24)30-19)9-18(21(26)27)25-22(28)29-11-17-15-7-3-1-5-13(15)14-6-2-4-8-16(14)17/h1-8,10,17-18H,9,11H2,(H,25,28)(H,26,27). The van der Waals surface area contributed by atoms with E-state index in [-0.39, 0.29) is 18.9 Å². The van der Waals surface area contributed by atoms with Gasteiger partial charge in [-0.2, -0.15) is 0 Å². The topological polar surface area (TPSA) is 75.6 Å². The molecular formula is C22H17Br2NO4S. The second-order valence-corrected chi connectivity index (χ2v) is 10.7. The van der Waals surface area contributed by atoms with E-state index in [4.69, 9.17) is 4.74 Å². The van der Waals surface area contributed by atoms with E-state index < -0.39 is 18.1 Å². The number of benzene rings is 2. The van der Waals surface area contributed by atoms with Crippen molar-refractivity contribution in [1.82, 2.24) is 5.32 Å². The summed E-state index contributed by atoms with van der Waals surface area (Å²) < 4.78 is 7.17. The number of amides is 1. The van der Waals surface area contributed by atoms with Crippen LogP contribution in [0, 0.1) is 0 Å². The lowest BCUT2D eigenvalue weighted by molar-refractivity contribution is -0.139. The van der Waals surface area contributed by atoms with E-state index in [0.29, 0.717) is 0 Å². The highest BCUT2D eigenvalue weighted by molar-refractivity contribution is 9.12. The Morgan fingerprint density at radius 1 is 1.07 bits per heavy atom. The minimum Gasteiger partial charge on any atom is -0.480 e. The first kappa shape index (κ1) is 21.1. The van der Waals surface area contributed by atoms with Crippen molar-refractivity contribution in [2.75, 3.05) is 6.61 Å². The van der Waals surface area contributed by atoms with Gasteiger partial charge in [0.2, 0.25) is 0 Å². The zero-order valence-electron chi connectivity index (χ0n) is 15.6. The summed E-state index contributed by atoms with van der Waals surface area (Å²) in [4.78, 5) is 24.1. The average molecular weight is 551 g/mol. The predicted molar refractivity (Wildman–Crippen MR) is 123 cm³/mol.